The third-order valence-electron chi connectivity index (χ3n) is 2.85. The molecule has 0 saturated carbocycles. The molecule has 0 aliphatic rings. The molecule has 0 spiro atoms. The van der Waals surface area contributed by atoms with E-state index < -0.39 is 0 Å². The number of nitrogens with one attached hydrogen (secondary N) is 1. The van der Waals surface area contributed by atoms with E-state index in [2.05, 4.69) is 50.0 Å². The number of hydrogen-bond donors (Lipinski definition) is 1. The maximum absolute atomic E-state index is 3.75. The Morgan fingerprint density at radius 1 is 1.31 bits per heavy atom. The zero-order valence-corrected chi connectivity index (χ0v) is 10.5. The van der Waals surface area contributed by atoms with Crippen molar-refractivity contribution in [3.8, 4) is 0 Å². The molecule has 1 unspecified atom stereocenters. The van der Waals surface area contributed by atoms with Crippen molar-refractivity contribution in [2.75, 3.05) is 11.9 Å². The lowest BCUT2D eigenvalue weighted by Crippen LogP contribution is -2.11. The summed E-state index contributed by atoms with van der Waals surface area (Å²) in [6.45, 7) is 9.36. The zero-order chi connectivity index (χ0) is 11.8. The van der Waals surface area contributed by atoms with Crippen LogP contribution >= 0.6 is 0 Å². The van der Waals surface area contributed by atoms with Crippen LogP contribution in [0.25, 0.3) is 6.08 Å². The smallest absolute Gasteiger partial charge is 0.0340 e. The van der Waals surface area contributed by atoms with E-state index in [4.69, 9.17) is 0 Å². The van der Waals surface area contributed by atoms with Gasteiger partial charge in [0.05, 0.1) is 0 Å². The van der Waals surface area contributed by atoms with E-state index in [1.807, 2.05) is 6.08 Å². The second-order valence-corrected chi connectivity index (χ2v) is 4.45. The molecule has 0 radical (unpaired) electrons. The Morgan fingerprint density at radius 2 is 2.00 bits per heavy atom. The third-order valence-corrected chi connectivity index (χ3v) is 2.85. The van der Waals surface area contributed by atoms with Crippen molar-refractivity contribution in [2.24, 2.45) is 5.92 Å². The molecule has 1 atom stereocenters. The molecule has 1 aromatic rings. The zero-order valence-electron chi connectivity index (χ0n) is 10.5. The minimum atomic E-state index is 0.749. The van der Waals surface area contributed by atoms with E-state index in [0.29, 0.717) is 0 Å². The fourth-order valence-corrected chi connectivity index (χ4v) is 1.68. The first kappa shape index (κ1) is 12.8. The van der Waals surface area contributed by atoms with Crippen LogP contribution in [0.3, 0.4) is 0 Å². The minimum Gasteiger partial charge on any atom is -0.385 e. The van der Waals surface area contributed by atoms with Crippen molar-refractivity contribution in [3.05, 3.63) is 36.4 Å². The molecule has 88 valence electrons. The lowest BCUT2D eigenvalue weighted by Gasteiger charge is -2.13. The Balaban J connectivity index is 2.33. The van der Waals surface area contributed by atoms with Crippen LogP contribution < -0.4 is 5.32 Å². The first-order chi connectivity index (χ1) is 7.76. The predicted octanol–water partition coefficient (Wildman–Crippen LogP) is 4.57. The molecule has 1 aromatic carbocycles. The monoisotopic (exact) mass is 217 g/mol. The lowest BCUT2D eigenvalue weighted by atomic mass is 10.0. The topological polar surface area (TPSA) is 12.0 Å². The largest absolute Gasteiger partial charge is 0.385 e. The van der Waals surface area contributed by atoms with Gasteiger partial charge in [-0.15, -0.1) is 0 Å². The average molecular weight is 217 g/mol. The molecule has 1 rings (SSSR count). The van der Waals surface area contributed by atoms with Crippen LogP contribution in [-0.2, 0) is 0 Å². The van der Waals surface area contributed by atoms with Crippen molar-refractivity contribution in [1.82, 2.24) is 0 Å². The summed E-state index contributed by atoms with van der Waals surface area (Å²) in [6, 6.07) is 8.41. The molecule has 0 saturated heterocycles. The molecular formula is C15H23N. The highest BCUT2D eigenvalue weighted by molar-refractivity contribution is 5.53. The highest BCUT2D eigenvalue weighted by atomic mass is 14.9. The van der Waals surface area contributed by atoms with Gasteiger partial charge >= 0.3 is 0 Å². The van der Waals surface area contributed by atoms with E-state index in [-0.39, 0.29) is 0 Å². The Morgan fingerprint density at radius 3 is 2.56 bits per heavy atom. The highest BCUT2D eigenvalue weighted by Gasteiger charge is 2.00. The second-order valence-electron chi connectivity index (χ2n) is 4.45. The van der Waals surface area contributed by atoms with Gasteiger partial charge < -0.3 is 5.32 Å². The van der Waals surface area contributed by atoms with Crippen molar-refractivity contribution in [2.45, 2.75) is 33.1 Å². The van der Waals surface area contributed by atoms with Crippen LogP contribution in [0.1, 0.15) is 38.7 Å². The van der Waals surface area contributed by atoms with E-state index in [1.54, 1.807) is 0 Å². The van der Waals surface area contributed by atoms with Crippen molar-refractivity contribution < 1.29 is 0 Å². The van der Waals surface area contributed by atoms with Gasteiger partial charge in [-0.3, -0.25) is 0 Å². The van der Waals surface area contributed by atoms with Crippen LogP contribution in [0.5, 0.6) is 0 Å². The van der Waals surface area contributed by atoms with Gasteiger partial charge in [-0.25, -0.2) is 0 Å². The SMILES string of the molecule is C=Cc1ccc(NCC(C)CCCC)cc1. The van der Waals surface area contributed by atoms with Crippen LogP contribution in [0.15, 0.2) is 30.8 Å². The third kappa shape index (κ3) is 4.52. The quantitative estimate of drug-likeness (QED) is 0.705. The number of benzene rings is 1. The van der Waals surface area contributed by atoms with Crippen LogP contribution in [-0.4, -0.2) is 6.54 Å². The summed E-state index contributed by atoms with van der Waals surface area (Å²) >= 11 is 0. The van der Waals surface area contributed by atoms with Gasteiger partial charge in [0.15, 0.2) is 0 Å². The maximum atomic E-state index is 3.75. The van der Waals surface area contributed by atoms with E-state index in [0.717, 1.165) is 12.5 Å². The minimum absolute atomic E-state index is 0.749. The van der Waals surface area contributed by atoms with Gasteiger partial charge in [-0.2, -0.15) is 0 Å². The van der Waals surface area contributed by atoms with Gasteiger partial charge in [-0.1, -0.05) is 51.5 Å². The Hall–Kier alpha value is -1.24. The van der Waals surface area contributed by atoms with Crippen molar-refractivity contribution in [1.29, 1.82) is 0 Å². The second kappa shape index (κ2) is 7.10. The molecule has 0 aromatic heterocycles. The Labute approximate surface area is 99.6 Å². The lowest BCUT2D eigenvalue weighted by molar-refractivity contribution is 0.528. The maximum Gasteiger partial charge on any atom is 0.0340 e. The predicted molar refractivity (Wildman–Crippen MR) is 73.7 cm³/mol. The molecule has 0 bridgehead atoms. The molecule has 1 nitrogen and oxygen atoms in total. The number of rotatable bonds is 7. The van der Waals surface area contributed by atoms with Gasteiger partial charge in [0, 0.05) is 12.2 Å². The molecule has 0 amide bonds. The highest BCUT2D eigenvalue weighted by Crippen LogP contribution is 2.13. The molecular weight excluding hydrogens is 194 g/mol. The number of hydrogen-bond acceptors (Lipinski definition) is 1. The standard InChI is InChI=1S/C15H23N/c1-4-6-7-13(3)12-16-15-10-8-14(5-2)9-11-15/h5,8-11,13,16H,2,4,6-7,12H2,1,3H3. The molecule has 0 aliphatic carbocycles. The van der Waals surface area contributed by atoms with Gasteiger partial charge in [0.2, 0.25) is 0 Å². The average Bonchev–Trinajstić information content (AvgIpc) is 2.34. The normalized spacial score (nSPS) is 12.1. The molecule has 0 fully saturated rings. The summed E-state index contributed by atoms with van der Waals surface area (Å²) in [7, 11) is 0. The van der Waals surface area contributed by atoms with E-state index >= 15 is 0 Å². The molecule has 1 heteroatoms. The number of anilines is 1. The summed E-state index contributed by atoms with van der Waals surface area (Å²) in [5.41, 5.74) is 2.37. The summed E-state index contributed by atoms with van der Waals surface area (Å²) in [6.07, 6.45) is 5.80. The summed E-state index contributed by atoms with van der Waals surface area (Å²) < 4.78 is 0. The fourth-order valence-electron chi connectivity index (χ4n) is 1.68. The van der Waals surface area contributed by atoms with Crippen molar-refractivity contribution >= 4 is 11.8 Å². The van der Waals surface area contributed by atoms with E-state index in [9.17, 15) is 0 Å². The first-order valence-electron chi connectivity index (χ1n) is 6.22. The Kier molecular flexibility index (Phi) is 5.69. The van der Waals surface area contributed by atoms with Crippen molar-refractivity contribution in [3.63, 3.8) is 0 Å². The molecule has 16 heavy (non-hydrogen) atoms. The Bertz CT molecular complexity index is 300. The van der Waals surface area contributed by atoms with Crippen LogP contribution in [0.2, 0.25) is 0 Å². The number of unbranched alkanes of at least 4 members (excludes halogenated alkanes) is 1. The van der Waals surface area contributed by atoms with Gasteiger partial charge in [-0.05, 0) is 30.0 Å². The summed E-state index contributed by atoms with van der Waals surface area (Å²) in [5, 5.41) is 3.47. The van der Waals surface area contributed by atoms with Crippen LogP contribution in [0, 0.1) is 5.92 Å². The van der Waals surface area contributed by atoms with Gasteiger partial charge in [0.1, 0.15) is 0 Å². The molecule has 0 heterocycles. The summed E-state index contributed by atoms with van der Waals surface area (Å²) in [5.74, 6) is 0.749. The fraction of sp³-hybridized carbons (Fsp3) is 0.467. The van der Waals surface area contributed by atoms with Gasteiger partial charge in [0.25, 0.3) is 0 Å². The molecule has 1 N–H and O–H groups in total. The van der Waals surface area contributed by atoms with Crippen LogP contribution in [0.4, 0.5) is 5.69 Å². The van der Waals surface area contributed by atoms with E-state index in [1.165, 1.54) is 30.5 Å². The summed E-state index contributed by atoms with van der Waals surface area (Å²) in [4.78, 5) is 0. The first-order valence-corrected chi connectivity index (χ1v) is 6.22. The molecule has 0 aliphatic heterocycles.